The molecule has 7 heteroatoms. The van der Waals surface area contributed by atoms with Gasteiger partial charge in [-0.1, -0.05) is 63.2 Å². The molecule has 3 aromatic rings. The Balaban J connectivity index is 1.96. The lowest BCUT2D eigenvalue weighted by Gasteiger charge is -2.21. The van der Waals surface area contributed by atoms with Gasteiger partial charge < -0.3 is 5.32 Å². The number of alkyl halides is 4. The molecule has 0 aromatic heterocycles. The van der Waals surface area contributed by atoms with E-state index in [0.717, 1.165) is 16.3 Å². The van der Waals surface area contributed by atoms with Crippen molar-refractivity contribution in [3.8, 4) is 11.1 Å². The summed E-state index contributed by atoms with van der Waals surface area (Å²) in [5, 5.41) is 21.0. The summed E-state index contributed by atoms with van der Waals surface area (Å²) in [6.45, 7) is 6.27. The molecule has 1 aliphatic rings. The minimum absolute atomic E-state index is 0.0464. The summed E-state index contributed by atoms with van der Waals surface area (Å²) in [6, 6.07) is 13.9. The molecule has 4 rings (SSSR count). The predicted molar refractivity (Wildman–Crippen MR) is 120 cm³/mol. The number of hydrogen-bond donors (Lipinski definition) is 3. The van der Waals surface area contributed by atoms with Gasteiger partial charge >= 0.3 is 12.3 Å². The average Bonchev–Trinajstić information content (AvgIpc) is 2.98. The number of nitrogens with one attached hydrogen (secondary N) is 3. The first kappa shape index (κ1) is 22.0. The fourth-order valence-electron chi connectivity index (χ4n) is 4.07. The van der Waals surface area contributed by atoms with Gasteiger partial charge in [-0.25, -0.2) is 8.78 Å². The van der Waals surface area contributed by atoms with Gasteiger partial charge in [0.15, 0.2) is 0 Å². The van der Waals surface area contributed by atoms with Crippen molar-refractivity contribution in [3.05, 3.63) is 70.8 Å². The first-order chi connectivity index (χ1) is 14.9. The number of halogens is 4. The lowest BCUT2D eigenvalue weighted by Crippen LogP contribution is -2.29. The van der Waals surface area contributed by atoms with E-state index in [2.05, 4.69) is 26.1 Å². The van der Waals surface area contributed by atoms with Crippen molar-refractivity contribution in [2.24, 2.45) is 0 Å². The predicted octanol–water partition coefficient (Wildman–Crippen LogP) is 6.50. The Morgan fingerprint density at radius 3 is 2.28 bits per heavy atom. The number of benzene rings is 3. The standard InChI is InChI=1S/C25H23F4N3/c1-24(2,3)16-7-8-17-15(10-16)11-18-20(22(31)32-21(18)30)19(17)14-6-4-5-13(9-14)12-25(28,29)23(26)27/h4-11,23H,12H2,1-3H3,(H3,30,31,32). The van der Waals surface area contributed by atoms with E-state index < -0.39 is 18.8 Å². The van der Waals surface area contributed by atoms with Crippen LogP contribution in [0.5, 0.6) is 0 Å². The zero-order chi connectivity index (χ0) is 23.4. The third kappa shape index (κ3) is 3.76. The van der Waals surface area contributed by atoms with E-state index in [1.165, 1.54) is 12.1 Å². The zero-order valence-electron chi connectivity index (χ0n) is 17.9. The third-order valence-corrected chi connectivity index (χ3v) is 5.75. The van der Waals surface area contributed by atoms with Crippen LogP contribution in [0, 0.1) is 10.8 Å². The Morgan fingerprint density at radius 1 is 0.906 bits per heavy atom. The van der Waals surface area contributed by atoms with Crippen LogP contribution in [0.15, 0.2) is 48.5 Å². The van der Waals surface area contributed by atoms with Gasteiger partial charge in [-0.3, -0.25) is 10.8 Å². The first-order valence-corrected chi connectivity index (χ1v) is 10.2. The van der Waals surface area contributed by atoms with Crippen molar-refractivity contribution in [1.29, 1.82) is 10.8 Å². The van der Waals surface area contributed by atoms with Crippen LogP contribution in [0.1, 0.15) is 43.0 Å². The van der Waals surface area contributed by atoms with Gasteiger partial charge in [0.05, 0.1) is 0 Å². The lowest BCUT2D eigenvalue weighted by molar-refractivity contribution is -0.127. The third-order valence-electron chi connectivity index (χ3n) is 5.75. The normalized spacial score (nSPS) is 14.2. The second kappa shape index (κ2) is 7.43. The van der Waals surface area contributed by atoms with Gasteiger partial charge in [0.1, 0.15) is 11.7 Å². The van der Waals surface area contributed by atoms with Gasteiger partial charge in [0, 0.05) is 23.1 Å². The smallest absolute Gasteiger partial charge is 0.311 e. The molecule has 1 heterocycles. The van der Waals surface area contributed by atoms with E-state index in [1.807, 2.05) is 24.3 Å². The molecule has 0 saturated heterocycles. The van der Waals surface area contributed by atoms with Crippen LogP contribution in [0.25, 0.3) is 21.9 Å². The highest BCUT2D eigenvalue weighted by atomic mass is 19.3. The van der Waals surface area contributed by atoms with Crippen molar-refractivity contribution >= 4 is 22.4 Å². The molecular weight excluding hydrogens is 418 g/mol. The van der Waals surface area contributed by atoms with Gasteiger partial charge in [0.25, 0.3) is 0 Å². The van der Waals surface area contributed by atoms with E-state index >= 15 is 0 Å². The molecule has 1 aliphatic heterocycles. The minimum atomic E-state index is -4.13. The Hall–Kier alpha value is -3.22. The first-order valence-electron chi connectivity index (χ1n) is 10.2. The molecule has 0 spiro atoms. The summed E-state index contributed by atoms with van der Waals surface area (Å²) in [5.74, 6) is -3.99. The molecule has 0 fully saturated rings. The molecule has 0 amide bonds. The van der Waals surface area contributed by atoms with E-state index in [4.69, 9.17) is 10.8 Å². The van der Waals surface area contributed by atoms with Crippen LogP contribution in [0.2, 0.25) is 0 Å². The Kier molecular flexibility index (Phi) is 5.11. The Morgan fingerprint density at radius 2 is 1.62 bits per heavy atom. The van der Waals surface area contributed by atoms with Crippen molar-refractivity contribution in [3.63, 3.8) is 0 Å². The molecule has 0 saturated carbocycles. The highest BCUT2D eigenvalue weighted by Gasteiger charge is 2.40. The van der Waals surface area contributed by atoms with Crippen LogP contribution < -0.4 is 5.32 Å². The molecule has 0 radical (unpaired) electrons. The molecule has 166 valence electrons. The Labute approximate surface area is 183 Å². The van der Waals surface area contributed by atoms with Crippen LogP contribution in [0.3, 0.4) is 0 Å². The number of amidine groups is 2. The fourth-order valence-corrected chi connectivity index (χ4v) is 4.07. The van der Waals surface area contributed by atoms with Gasteiger partial charge in [-0.05, 0) is 38.9 Å². The molecule has 0 bridgehead atoms. The van der Waals surface area contributed by atoms with E-state index in [1.54, 1.807) is 12.1 Å². The maximum atomic E-state index is 13.7. The van der Waals surface area contributed by atoms with Crippen LogP contribution >= 0.6 is 0 Å². The van der Waals surface area contributed by atoms with Crippen LogP contribution in [-0.4, -0.2) is 24.0 Å². The SMILES string of the molecule is CC(C)(C)c1ccc2c(-c3cccc(CC(F)(F)C(F)F)c3)c3c(cc2c1)C(=N)NC3=N. The second-order valence-electron chi connectivity index (χ2n) is 9.17. The minimum Gasteiger partial charge on any atom is -0.325 e. The van der Waals surface area contributed by atoms with E-state index in [9.17, 15) is 17.6 Å². The maximum absolute atomic E-state index is 13.7. The highest BCUT2D eigenvalue weighted by molar-refractivity contribution is 6.28. The second-order valence-corrected chi connectivity index (χ2v) is 9.17. The summed E-state index contributed by atoms with van der Waals surface area (Å²) < 4.78 is 52.8. The monoisotopic (exact) mass is 441 g/mol. The molecule has 0 atom stereocenters. The maximum Gasteiger partial charge on any atom is 0.311 e. The number of hydrogen-bond acceptors (Lipinski definition) is 2. The molecular formula is C25H23F4N3. The number of rotatable bonds is 4. The number of fused-ring (bicyclic) bond motifs is 2. The van der Waals surface area contributed by atoms with E-state index in [0.29, 0.717) is 22.3 Å². The van der Waals surface area contributed by atoms with Crippen molar-refractivity contribution in [2.45, 2.75) is 45.0 Å². The lowest BCUT2D eigenvalue weighted by atomic mass is 9.83. The molecule has 0 unspecified atom stereocenters. The summed E-state index contributed by atoms with van der Waals surface area (Å²) in [6.07, 6.45) is -4.83. The summed E-state index contributed by atoms with van der Waals surface area (Å²) in [7, 11) is 0. The Bertz CT molecular complexity index is 1260. The quantitative estimate of drug-likeness (QED) is 0.398. The van der Waals surface area contributed by atoms with Gasteiger partial charge in [-0.15, -0.1) is 0 Å². The van der Waals surface area contributed by atoms with Crippen molar-refractivity contribution in [2.75, 3.05) is 0 Å². The molecule has 0 aliphatic carbocycles. The summed E-state index contributed by atoms with van der Waals surface area (Å²) in [5.41, 5.74) is 3.29. The molecule has 3 aromatic carbocycles. The van der Waals surface area contributed by atoms with E-state index in [-0.39, 0.29) is 22.6 Å². The van der Waals surface area contributed by atoms with Crippen LogP contribution in [0.4, 0.5) is 17.6 Å². The van der Waals surface area contributed by atoms with Crippen molar-refractivity contribution < 1.29 is 17.6 Å². The summed E-state index contributed by atoms with van der Waals surface area (Å²) >= 11 is 0. The topological polar surface area (TPSA) is 59.7 Å². The molecule has 32 heavy (non-hydrogen) atoms. The fraction of sp³-hybridized carbons (Fsp3) is 0.280. The molecule has 3 N–H and O–H groups in total. The zero-order valence-corrected chi connectivity index (χ0v) is 17.9. The van der Waals surface area contributed by atoms with Crippen LogP contribution in [-0.2, 0) is 11.8 Å². The van der Waals surface area contributed by atoms with Gasteiger partial charge in [0.2, 0.25) is 0 Å². The van der Waals surface area contributed by atoms with Gasteiger partial charge in [-0.2, -0.15) is 8.78 Å². The summed E-state index contributed by atoms with van der Waals surface area (Å²) in [4.78, 5) is 0. The molecule has 3 nitrogen and oxygen atoms in total. The van der Waals surface area contributed by atoms with Crippen molar-refractivity contribution in [1.82, 2.24) is 5.32 Å². The largest absolute Gasteiger partial charge is 0.325 e. The average molecular weight is 441 g/mol. The highest BCUT2D eigenvalue weighted by Crippen LogP contribution is 2.39.